The molecular weight excluding hydrogens is 305 g/mol. The van der Waals surface area contributed by atoms with Crippen LogP contribution in [0, 0.1) is 0 Å². The number of carboxylic acid groups (broad SMARTS) is 1. The largest absolute Gasteiger partial charge is 0.465 e. The number of amides is 2. The van der Waals surface area contributed by atoms with E-state index in [1.54, 1.807) is 0 Å². The molecule has 1 atom stereocenters. The van der Waals surface area contributed by atoms with Crippen molar-refractivity contribution in [2.75, 3.05) is 13.2 Å². The van der Waals surface area contributed by atoms with Gasteiger partial charge in [0, 0.05) is 6.54 Å². The van der Waals surface area contributed by atoms with E-state index in [1.165, 1.54) is 12.1 Å². The smallest absolute Gasteiger partial charge is 0.416 e. The van der Waals surface area contributed by atoms with Crippen LogP contribution in [0.1, 0.15) is 23.6 Å². The maximum Gasteiger partial charge on any atom is 0.416 e. The summed E-state index contributed by atoms with van der Waals surface area (Å²) in [6, 6.07) is 3.08. The zero-order valence-corrected chi connectivity index (χ0v) is 11.4. The maximum atomic E-state index is 13.0. The highest BCUT2D eigenvalue weighted by atomic mass is 19.4. The van der Waals surface area contributed by atoms with Crippen molar-refractivity contribution >= 4 is 12.0 Å². The second kappa shape index (κ2) is 7.64. The fraction of sp³-hybridized carbons (Fsp3) is 0.385. The van der Waals surface area contributed by atoms with E-state index in [4.69, 9.17) is 10.2 Å². The molecule has 2 amide bonds. The van der Waals surface area contributed by atoms with E-state index < -0.39 is 36.2 Å². The third-order valence-electron chi connectivity index (χ3n) is 2.76. The van der Waals surface area contributed by atoms with Crippen LogP contribution >= 0.6 is 0 Å². The summed E-state index contributed by atoms with van der Waals surface area (Å²) in [6.07, 6.45) is -6.73. The molecule has 0 aliphatic heterocycles. The van der Waals surface area contributed by atoms with Crippen LogP contribution in [0.3, 0.4) is 0 Å². The average Bonchev–Trinajstić information content (AvgIpc) is 2.43. The molecule has 1 aromatic rings. The first kappa shape index (κ1) is 17.8. The normalized spacial score (nSPS) is 12.5. The molecule has 0 radical (unpaired) electrons. The predicted octanol–water partition coefficient (Wildman–Crippen LogP) is 1.51. The molecule has 0 aliphatic rings. The van der Waals surface area contributed by atoms with Crippen LogP contribution in [0.15, 0.2) is 24.3 Å². The van der Waals surface area contributed by atoms with Crippen LogP contribution in [0.2, 0.25) is 0 Å². The molecule has 1 rings (SSSR count). The van der Waals surface area contributed by atoms with Crippen LogP contribution in [0.25, 0.3) is 0 Å². The average molecular weight is 320 g/mol. The Hall–Kier alpha value is -2.29. The molecule has 0 heterocycles. The molecule has 1 aromatic carbocycles. The summed E-state index contributed by atoms with van der Waals surface area (Å²) in [7, 11) is 0. The number of alkyl halides is 3. The van der Waals surface area contributed by atoms with Crippen molar-refractivity contribution in [2.24, 2.45) is 0 Å². The Morgan fingerprint density at radius 2 is 1.86 bits per heavy atom. The second-order valence-corrected chi connectivity index (χ2v) is 4.36. The Labute approximate surface area is 123 Å². The first-order valence-electron chi connectivity index (χ1n) is 6.29. The monoisotopic (exact) mass is 320 g/mol. The quantitative estimate of drug-likeness (QED) is 0.638. The number of benzene rings is 1. The summed E-state index contributed by atoms with van der Waals surface area (Å²) < 4.78 is 38.9. The van der Waals surface area contributed by atoms with E-state index in [9.17, 15) is 22.8 Å². The van der Waals surface area contributed by atoms with E-state index in [-0.39, 0.29) is 18.7 Å². The van der Waals surface area contributed by atoms with Gasteiger partial charge in [-0.05, 0) is 11.6 Å². The molecule has 0 aromatic heterocycles. The molecule has 4 N–H and O–H groups in total. The third-order valence-corrected chi connectivity index (χ3v) is 2.76. The van der Waals surface area contributed by atoms with Crippen molar-refractivity contribution in [2.45, 2.75) is 18.6 Å². The van der Waals surface area contributed by atoms with Crippen LogP contribution < -0.4 is 10.6 Å². The standard InChI is InChI=1S/C13H15F3N2O4/c14-13(15,16)9-4-2-1-3-8(9)10(18-12(21)22)7-11(20)17-5-6-19/h1-4,10,18-19H,5-7H2,(H,17,20)(H,21,22)/t10-/m0/s1. The summed E-state index contributed by atoms with van der Waals surface area (Å²) in [5.74, 6) is -0.676. The lowest BCUT2D eigenvalue weighted by atomic mass is 9.97. The fourth-order valence-corrected chi connectivity index (χ4v) is 1.90. The van der Waals surface area contributed by atoms with Gasteiger partial charge in [0.1, 0.15) is 0 Å². The highest BCUT2D eigenvalue weighted by Crippen LogP contribution is 2.35. The maximum absolute atomic E-state index is 13.0. The highest BCUT2D eigenvalue weighted by Gasteiger charge is 2.35. The van der Waals surface area contributed by atoms with Crippen LogP contribution in [0.4, 0.5) is 18.0 Å². The van der Waals surface area contributed by atoms with Crippen molar-refractivity contribution in [3.63, 3.8) is 0 Å². The summed E-state index contributed by atoms with van der Waals surface area (Å²) in [5.41, 5.74) is -1.35. The van der Waals surface area contributed by atoms with Gasteiger partial charge in [-0.2, -0.15) is 13.2 Å². The third kappa shape index (κ3) is 5.24. The van der Waals surface area contributed by atoms with E-state index in [1.807, 2.05) is 5.32 Å². The van der Waals surface area contributed by atoms with Crippen molar-refractivity contribution in [3.05, 3.63) is 35.4 Å². The van der Waals surface area contributed by atoms with Crippen LogP contribution in [-0.2, 0) is 11.0 Å². The second-order valence-electron chi connectivity index (χ2n) is 4.36. The predicted molar refractivity (Wildman–Crippen MR) is 70.1 cm³/mol. The number of aliphatic hydroxyl groups excluding tert-OH is 1. The minimum atomic E-state index is -4.67. The lowest BCUT2D eigenvalue weighted by Crippen LogP contribution is -2.34. The van der Waals surface area contributed by atoms with Gasteiger partial charge in [0.05, 0.1) is 24.6 Å². The van der Waals surface area contributed by atoms with Gasteiger partial charge in [0.2, 0.25) is 5.91 Å². The SMILES string of the molecule is O=C(O)N[C@@H](CC(=O)NCCO)c1ccccc1C(F)(F)F. The number of aliphatic hydroxyl groups is 1. The topological polar surface area (TPSA) is 98.7 Å². The zero-order valence-electron chi connectivity index (χ0n) is 11.4. The number of nitrogens with one attached hydrogen (secondary N) is 2. The molecule has 122 valence electrons. The Morgan fingerprint density at radius 1 is 1.23 bits per heavy atom. The molecule has 0 bridgehead atoms. The Morgan fingerprint density at radius 3 is 2.41 bits per heavy atom. The number of carbonyl (C=O) groups is 2. The Kier molecular flexibility index (Phi) is 6.17. The lowest BCUT2D eigenvalue weighted by molar-refractivity contribution is -0.138. The fourth-order valence-electron chi connectivity index (χ4n) is 1.90. The van der Waals surface area contributed by atoms with Crippen molar-refractivity contribution < 1.29 is 33.0 Å². The Bertz CT molecular complexity index is 534. The number of carbonyl (C=O) groups excluding carboxylic acids is 1. The van der Waals surface area contributed by atoms with E-state index in [0.717, 1.165) is 12.1 Å². The zero-order chi connectivity index (χ0) is 16.8. The number of halogens is 3. The van der Waals surface area contributed by atoms with Gasteiger partial charge in [-0.3, -0.25) is 4.79 Å². The van der Waals surface area contributed by atoms with Gasteiger partial charge in [0.15, 0.2) is 0 Å². The molecule has 0 spiro atoms. The van der Waals surface area contributed by atoms with Crippen molar-refractivity contribution in [3.8, 4) is 0 Å². The summed E-state index contributed by atoms with van der Waals surface area (Å²) in [6.45, 7) is -0.401. The molecule has 9 heteroatoms. The highest BCUT2D eigenvalue weighted by molar-refractivity contribution is 5.78. The minimum Gasteiger partial charge on any atom is -0.465 e. The molecule has 6 nitrogen and oxygen atoms in total. The molecule has 0 fully saturated rings. The molecule has 0 saturated heterocycles. The first-order valence-corrected chi connectivity index (χ1v) is 6.29. The van der Waals surface area contributed by atoms with E-state index in [0.29, 0.717) is 0 Å². The summed E-state index contributed by atoms with van der Waals surface area (Å²) in [5, 5.41) is 21.5. The van der Waals surface area contributed by atoms with Crippen molar-refractivity contribution in [1.29, 1.82) is 0 Å². The van der Waals surface area contributed by atoms with E-state index in [2.05, 4.69) is 5.32 Å². The van der Waals surface area contributed by atoms with E-state index >= 15 is 0 Å². The van der Waals surface area contributed by atoms with Gasteiger partial charge >= 0.3 is 12.3 Å². The van der Waals surface area contributed by atoms with Gasteiger partial charge in [0.25, 0.3) is 0 Å². The number of rotatable bonds is 6. The summed E-state index contributed by atoms with van der Waals surface area (Å²) >= 11 is 0. The molecule has 22 heavy (non-hydrogen) atoms. The molecule has 0 aliphatic carbocycles. The molecule has 0 saturated carbocycles. The number of hydrogen-bond donors (Lipinski definition) is 4. The van der Waals surface area contributed by atoms with Crippen LogP contribution in [-0.4, -0.2) is 35.4 Å². The molecule has 0 unspecified atom stereocenters. The van der Waals surface area contributed by atoms with Gasteiger partial charge < -0.3 is 20.8 Å². The van der Waals surface area contributed by atoms with Gasteiger partial charge in [-0.25, -0.2) is 4.79 Å². The number of hydrogen-bond acceptors (Lipinski definition) is 3. The first-order chi connectivity index (χ1) is 10.3. The summed E-state index contributed by atoms with van der Waals surface area (Å²) in [4.78, 5) is 22.4. The van der Waals surface area contributed by atoms with Gasteiger partial charge in [-0.1, -0.05) is 18.2 Å². The minimum absolute atomic E-state index is 0.0699. The lowest BCUT2D eigenvalue weighted by Gasteiger charge is -2.21. The van der Waals surface area contributed by atoms with Crippen molar-refractivity contribution in [1.82, 2.24) is 10.6 Å². The Balaban J connectivity index is 3.07. The van der Waals surface area contributed by atoms with Crippen LogP contribution in [0.5, 0.6) is 0 Å². The van der Waals surface area contributed by atoms with Gasteiger partial charge in [-0.15, -0.1) is 0 Å². The molecular formula is C13H15F3N2O4.